The predicted octanol–water partition coefficient (Wildman–Crippen LogP) is 4.84. The average molecular weight is 548 g/mol. The van der Waals surface area contributed by atoms with Crippen LogP contribution in [0.5, 0.6) is 11.5 Å². The minimum Gasteiger partial charge on any atom is -0.485 e. The first-order valence-corrected chi connectivity index (χ1v) is 12.6. The predicted molar refractivity (Wildman–Crippen MR) is 135 cm³/mol. The fourth-order valence-corrected chi connectivity index (χ4v) is 5.08. The molecule has 4 heterocycles. The largest absolute Gasteiger partial charge is 0.485 e. The molecule has 10 heteroatoms. The standard InChI is InChI=1S/C25H18BrN5O3S/c26-16-10-11-22-27-17(12-23(32)30(22)13-16)15-35-25-29-28-24(31(25)18-6-2-1-3-7-18)21-14-33-19-8-4-5-9-20(19)34-21/h1-13,21H,14-15H2/t21-/m0/s1. The number of pyridine rings is 1. The number of aromatic nitrogens is 5. The van der Waals surface area contributed by atoms with Gasteiger partial charge >= 0.3 is 0 Å². The zero-order valence-electron chi connectivity index (χ0n) is 18.2. The molecular weight excluding hydrogens is 530 g/mol. The highest BCUT2D eigenvalue weighted by Crippen LogP contribution is 2.37. The van der Waals surface area contributed by atoms with Gasteiger partial charge in [-0.25, -0.2) is 4.98 Å². The SMILES string of the molecule is O=c1cc(CSc2nnc([C@@H]3COc4ccccc4O3)n2-c2ccccc2)nc2ccc(Br)cn12. The Morgan fingerprint density at radius 2 is 1.80 bits per heavy atom. The number of hydrogen-bond donors (Lipinski definition) is 0. The van der Waals surface area contributed by atoms with Crippen LogP contribution in [-0.2, 0) is 5.75 Å². The van der Waals surface area contributed by atoms with Crippen LogP contribution in [0.1, 0.15) is 17.6 Å². The van der Waals surface area contributed by atoms with Crippen molar-refractivity contribution in [1.82, 2.24) is 24.1 Å². The molecule has 0 fully saturated rings. The molecule has 0 spiro atoms. The van der Waals surface area contributed by atoms with Gasteiger partial charge in [-0.05, 0) is 52.3 Å². The minimum atomic E-state index is -0.422. The number of benzene rings is 2. The number of halogens is 1. The van der Waals surface area contributed by atoms with E-state index in [1.165, 1.54) is 16.2 Å². The van der Waals surface area contributed by atoms with Gasteiger partial charge in [-0.1, -0.05) is 42.1 Å². The number of hydrogen-bond acceptors (Lipinski definition) is 7. The molecule has 8 nitrogen and oxygen atoms in total. The van der Waals surface area contributed by atoms with Crippen molar-refractivity contribution in [2.24, 2.45) is 0 Å². The highest BCUT2D eigenvalue weighted by Gasteiger charge is 2.29. The van der Waals surface area contributed by atoms with Gasteiger partial charge in [-0.3, -0.25) is 13.8 Å². The third-order valence-corrected chi connectivity index (χ3v) is 6.93. The van der Waals surface area contributed by atoms with E-state index in [0.29, 0.717) is 46.2 Å². The van der Waals surface area contributed by atoms with Crippen LogP contribution in [0.2, 0.25) is 0 Å². The molecule has 2 aromatic carbocycles. The van der Waals surface area contributed by atoms with Gasteiger partial charge in [0.1, 0.15) is 12.3 Å². The Morgan fingerprint density at radius 1 is 1.00 bits per heavy atom. The van der Waals surface area contributed by atoms with Gasteiger partial charge in [0.25, 0.3) is 5.56 Å². The van der Waals surface area contributed by atoms with Crippen molar-refractivity contribution in [2.45, 2.75) is 17.0 Å². The van der Waals surface area contributed by atoms with E-state index in [-0.39, 0.29) is 5.56 Å². The van der Waals surface area contributed by atoms with Gasteiger partial charge < -0.3 is 9.47 Å². The highest BCUT2D eigenvalue weighted by atomic mass is 79.9. The van der Waals surface area contributed by atoms with Crippen molar-refractivity contribution >= 4 is 33.3 Å². The Bertz CT molecular complexity index is 1590. The number of rotatable bonds is 5. The number of fused-ring (bicyclic) bond motifs is 2. The van der Waals surface area contributed by atoms with E-state index in [4.69, 9.17) is 9.47 Å². The summed E-state index contributed by atoms with van der Waals surface area (Å²) in [4.78, 5) is 17.2. The van der Waals surface area contributed by atoms with Crippen molar-refractivity contribution < 1.29 is 9.47 Å². The van der Waals surface area contributed by atoms with Crippen molar-refractivity contribution in [3.63, 3.8) is 0 Å². The summed E-state index contributed by atoms with van der Waals surface area (Å²) in [6.45, 7) is 0.325. The van der Waals surface area contributed by atoms with Crippen LogP contribution in [-0.4, -0.2) is 30.8 Å². The quantitative estimate of drug-likeness (QED) is 0.291. The summed E-state index contributed by atoms with van der Waals surface area (Å²) in [5, 5.41) is 9.61. The minimum absolute atomic E-state index is 0.136. The lowest BCUT2D eigenvalue weighted by Gasteiger charge is -2.26. The first-order chi connectivity index (χ1) is 17.2. The summed E-state index contributed by atoms with van der Waals surface area (Å²) in [6.07, 6.45) is 1.29. The third-order valence-electron chi connectivity index (χ3n) is 5.50. The Kier molecular flexibility index (Phi) is 5.75. The summed E-state index contributed by atoms with van der Waals surface area (Å²) < 4.78 is 16.4. The fraction of sp³-hybridized carbons (Fsp3) is 0.120. The number of ether oxygens (including phenoxy) is 2. The molecule has 3 aromatic heterocycles. The monoisotopic (exact) mass is 547 g/mol. The normalized spacial score (nSPS) is 14.8. The van der Waals surface area contributed by atoms with Crippen LogP contribution in [0.4, 0.5) is 0 Å². The lowest BCUT2D eigenvalue weighted by Crippen LogP contribution is -2.24. The molecule has 0 N–H and O–H groups in total. The Balaban J connectivity index is 1.33. The molecule has 5 aromatic rings. The summed E-state index contributed by atoms with van der Waals surface area (Å²) in [7, 11) is 0. The highest BCUT2D eigenvalue weighted by molar-refractivity contribution is 9.10. The van der Waals surface area contributed by atoms with E-state index in [1.807, 2.05) is 71.3 Å². The maximum absolute atomic E-state index is 12.6. The first-order valence-electron chi connectivity index (χ1n) is 10.9. The summed E-state index contributed by atoms with van der Waals surface area (Å²) >= 11 is 4.85. The topological polar surface area (TPSA) is 83.5 Å². The maximum Gasteiger partial charge on any atom is 0.258 e. The smallest absolute Gasteiger partial charge is 0.258 e. The lowest BCUT2D eigenvalue weighted by molar-refractivity contribution is 0.0835. The zero-order valence-corrected chi connectivity index (χ0v) is 20.6. The van der Waals surface area contributed by atoms with Gasteiger partial charge in [0.15, 0.2) is 28.6 Å². The van der Waals surface area contributed by atoms with Crippen LogP contribution in [0.3, 0.4) is 0 Å². The number of para-hydroxylation sites is 3. The molecule has 0 unspecified atom stereocenters. The Labute approximate surface area is 212 Å². The van der Waals surface area contributed by atoms with E-state index >= 15 is 0 Å². The van der Waals surface area contributed by atoms with Gasteiger partial charge in [0, 0.05) is 28.2 Å². The van der Waals surface area contributed by atoms with Crippen molar-refractivity contribution in [2.75, 3.05) is 6.61 Å². The molecule has 1 atom stereocenters. The molecule has 0 amide bonds. The van der Waals surface area contributed by atoms with Crippen LogP contribution in [0, 0.1) is 0 Å². The van der Waals surface area contributed by atoms with E-state index in [9.17, 15) is 4.79 Å². The van der Waals surface area contributed by atoms with Crippen molar-refractivity contribution in [3.05, 3.63) is 105 Å². The van der Waals surface area contributed by atoms with E-state index in [1.54, 1.807) is 12.3 Å². The summed E-state index contributed by atoms with van der Waals surface area (Å²) in [6, 6.07) is 22.7. The molecule has 174 valence electrons. The molecule has 0 bridgehead atoms. The second-order valence-electron chi connectivity index (χ2n) is 7.83. The molecule has 1 aliphatic heterocycles. The number of nitrogens with zero attached hydrogens (tertiary/aromatic N) is 5. The second-order valence-corrected chi connectivity index (χ2v) is 9.68. The second kappa shape index (κ2) is 9.20. The van der Waals surface area contributed by atoms with E-state index in [0.717, 1.165) is 10.2 Å². The van der Waals surface area contributed by atoms with Gasteiger partial charge in [0.2, 0.25) is 0 Å². The number of thioether (sulfide) groups is 1. The fourth-order valence-electron chi connectivity index (χ4n) is 3.89. The third kappa shape index (κ3) is 4.30. The average Bonchev–Trinajstić information content (AvgIpc) is 3.32. The van der Waals surface area contributed by atoms with Crippen LogP contribution in [0.25, 0.3) is 11.3 Å². The maximum atomic E-state index is 12.6. The van der Waals surface area contributed by atoms with Gasteiger partial charge in [0.05, 0.1) is 5.69 Å². The summed E-state index contributed by atoms with van der Waals surface area (Å²) in [5.74, 6) is 2.49. The van der Waals surface area contributed by atoms with Crippen molar-refractivity contribution in [3.8, 4) is 17.2 Å². The van der Waals surface area contributed by atoms with Gasteiger partial charge in [-0.15, -0.1) is 10.2 Å². The van der Waals surface area contributed by atoms with E-state index in [2.05, 4.69) is 31.1 Å². The van der Waals surface area contributed by atoms with Crippen LogP contribution >= 0.6 is 27.7 Å². The zero-order chi connectivity index (χ0) is 23.8. The molecular formula is C25H18BrN5O3S. The Hall–Kier alpha value is -3.63. The molecule has 35 heavy (non-hydrogen) atoms. The summed E-state index contributed by atoms with van der Waals surface area (Å²) in [5.41, 5.74) is 2.03. The first kappa shape index (κ1) is 21.9. The molecule has 6 rings (SSSR count). The molecule has 1 aliphatic rings. The van der Waals surface area contributed by atoms with Crippen molar-refractivity contribution in [1.29, 1.82) is 0 Å². The van der Waals surface area contributed by atoms with Gasteiger partial charge in [-0.2, -0.15) is 0 Å². The Morgan fingerprint density at radius 3 is 2.66 bits per heavy atom. The molecule has 0 saturated carbocycles. The molecule has 0 aliphatic carbocycles. The molecule has 0 radical (unpaired) electrons. The lowest BCUT2D eigenvalue weighted by atomic mass is 10.2. The van der Waals surface area contributed by atoms with E-state index < -0.39 is 6.10 Å². The molecule has 0 saturated heterocycles. The van der Waals surface area contributed by atoms with Crippen LogP contribution in [0.15, 0.2) is 93.4 Å². The van der Waals surface area contributed by atoms with Crippen LogP contribution < -0.4 is 15.0 Å².